The third-order valence-electron chi connectivity index (χ3n) is 6.09. The number of thioether (sulfide) groups is 1. The summed E-state index contributed by atoms with van der Waals surface area (Å²) in [7, 11) is -2.91. The lowest BCUT2D eigenvalue weighted by Crippen LogP contribution is -2.49. The van der Waals surface area contributed by atoms with Crippen LogP contribution in [-0.4, -0.2) is 42.4 Å². The monoisotopic (exact) mass is 343 g/mol. The molecule has 0 unspecified atom stereocenters. The molecule has 0 radical (unpaired) electrons. The van der Waals surface area contributed by atoms with E-state index in [1.165, 1.54) is 38.5 Å². The van der Waals surface area contributed by atoms with Crippen LogP contribution in [0.5, 0.6) is 0 Å². The van der Waals surface area contributed by atoms with Gasteiger partial charge >= 0.3 is 0 Å². The van der Waals surface area contributed by atoms with Crippen molar-refractivity contribution in [2.24, 2.45) is 17.8 Å². The standard InChI is InChI=1S/C16H25NO3S2/c18-15(17-14-1-2-22(19,20)10-14)9-21-16-6-11-3-12(7-16)5-13(4-11)8-16/h11-14H,1-10H2,(H,17,18)/t11?,12?,13?,14-,16?/m0/s1. The Hall–Kier alpha value is -0.230. The Balaban J connectivity index is 1.30. The van der Waals surface area contributed by atoms with Crippen LogP contribution >= 0.6 is 11.8 Å². The van der Waals surface area contributed by atoms with Gasteiger partial charge in [0.15, 0.2) is 9.84 Å². The minimum atomic E-state index is -2.91. The molecule has 1 heterocycles. The molecule has 4 bridgehead atoms. The minimum Gasteiger partial charge on any atom is -0.352 e. The number of carbonyl (C=O) groups is 1. The molecule has 22 heavy (non-hydrogen) atoms. The van der Waals surface area contributed by atoms with Gasteiger partial charge in [-0.25, -0.2) is 8.42 Å². The van der Waals surface area contributed by atoms with E-state index in [4.69, 9.17) is 0 Å². The van der Waals surface area contributed by atoms with Crippen molar-refractivity contribution in [3.63, 3.8) is 0 Å². The molecule has 1 N–H and O–H groups in total. The number of nitrogens with one attached hydrogen (secondary N) is 1. The predicted octanol–water partition coefficient (Wildman–Crippen LogP) is 1.99. The van der Waals surface area contributed by atoms with E-state index in [0.29, 0.717) is 16.9 Å². The molecular weight excluding hydrogens is 318 g/mol. The molecule has 4 saturated carbocycles. The summed E-state index contributed by atoms with van der Waals surface area (Å²) in [5.41, 5.74) is 0. The second-order valence-corrected chi connectivity index (χ2v) is 11.7. The van der Waals surface area contributed by atoms with Gasteiger partial charge in [-0.1, -0.05) is 0 Å². The largest absolute Gasteiger partial charge is 0.352 e. The number of sulfone groups is 1. The van der Waals surface area contributed by atoms with Crippen LogP contribution in [0.25, 0.3) is 0 Å². The zero-order valence-corrected chi connectivity index (χ0v) is 14.6. The number of hydrogen-bond acceptors (Lipinski definition) is 4. The van der Waals surface area contributed by atoms with Crippen molar-refractivity contribution < 1.29 is 13.2 Å². The summed E-state index contributed by atoms with van der Waals surface area (Å²) in [5.74, 6) is 3.59. The van der Waals surface area contributed by atoms with Gasteiger partial charge in [0.1, 0.15) is 0 Å². The van der Waals surface area contributed by atoms with Gasteiger partial charge in [0.25, 0.3) is 0 Å². The van der Waals surface area contributed by atoms with Crippen LogP contribution in [0, 0.1) is 17.8 Å². The lowest BCUT2D eigenvalue weighted by atomic mass is 9.56. The molecule has 6 heteroatoms. The van der Waals surface area contributed by atoms with Crippen LogP contribution in [0.15, 0.2) is 0 Å². The van der Waals surface area contributed by atoms with Crippen LogP contribution in [-0.2, 0) is 14.6 Å². The van der Waals surface area contributed by atoms with Crippen LogP contribution < -0.4 is 5.32 Å². The van der Waals surface area contributed by atoms with Crippen LogP contribution in [0.2, 0.25) is 0 Å². The fourth-order valence-corrected chi connectivity index (χ4v) is 8.86. The third-order valence-corrected chi connectivity index (χ3v) is 9.38. The molecule has 5 fully saturated rings. The molecule has 1 atom stereocenters. The smallest absolute Gasteiger partial charge is 0.230 e. The van der Waals surface area contributed by atoms with Crippen molar-refractivity contribution in [2.75, 3.05) is 17.3 Å². The molecule has 5 aliphatic rings. The number of carbonyl (C=O) groups excluding carboxylic acids is 1. The van der Waals surface area contributed by atoms with Gasteiger partial charge in [-0.3, -0.25) is 4.79 Å². The molecule has 0 aromatic rings. The first kappa shape index (κ1) is 15.3. The normalized spacial score (nSPS) is 45.1. The van der Waals surface area contributed by atoms with Gasteiger partial charge < -0.3 is 5.32 Å². The topological polar surface area (TPSA) is 63.2 Å². The Kier molecular flexibility index (Phi) is 3.76. The summed E-state index contributed by atoms with van der Waals surface area (Å²) in [6.07, 6.45) is 8.75. The highest BCUT2D eigenvalue weighted by Gasteiger charge is 2.51. The summed E-state index contributed by atoms with van der Waals surface area (Å²) < 4.78 is 23.3. The average Bonchev–Trinajstić information content (AvgIpc) is 2.74. The molecule has 0 aromatic carbocycles. The minimum absolute atomic E-state index is 0.0304. The SMILES string of the molecule is O=C(CSC12CC3CC(CC(C3)C1)C2)N[C@H]1CCS(=O)(=O)C1. The van der Waals surface area contributed by atoms with E-state index < -0.39 is 9.84 Å². The summed E-state index contributed by atoms with van der Waals surface area (Å²) in [6, 6.07) is -0.158. The molecule has 0 spiro atoms. The van der Waals surface area contributed by atoms with Crippen molar-refractivity contribution in [1.29, 1.82) is 0 Å². The summed E-state index contributed by atoms with van der Waals surface area (Å²) in [6.45, 7) is 0. The fraction of sp³-hybridized carbons (Fsp3) is 0.938. The van der Waals surface area contributed by atoms with E-state index in [1.807, 2.05) is 11.8 Å². The Labute approximate surface area is 137 Å². The second-order valence-electron chi connectivity index (χ2n) is 8.06. The highest BCUT2D eigenvalue weighted by molar-refractivity contribution is 8.01. The Bertz CT molecular complexity index is 537. The van der Waals surface area contributed by atoms with Gasteiger partial charge in [-0.2, -0.15) is 0 Å². The second kappa shape index (κ2) is 5.40. The first-order chi connectivity index (χ1) is 10.4. The van der Waals surface area contributed by atoms with E-state index in [2.05, 4.69) is 5.32 Å². The summed E-state index contributed by atoms with van der Waals surface area (Å²) in [4.78, 5) is 12.2. The molecule has 1 aliphatic heterocycles. The molecular formula is C16H25NO3S2. The lowest BCUT2D eigenvalue weighted by Gasteiger charge is -2.56. The summed E-state index contributed by atoms with van der Waals surface area (Å²) >= 11 is 1.86. The maximum atomic E-state index is 12.2. The van der Waals surface area contributed by atoms with E-state index >= 15 is 0 Å². The number of rotatable bonds is 4. The Morgan fingerprint density at radius 2 is 1.68 bits per heavy atom. The van der Waals surface area contributed by atoms with Crippen LogP contribution in [0.3, 0.4) is 0 Å². The van der Waals surface area contributed by atoms with Gasteiger partial charge in [-0.05, 0) is 62.7 Å². The molecule has 4 nitrogen and oxygen atoms in total. The predicted molar refractivity (Wildman–Crippen MR) is 88.6 cm³/mol. The van der Waals surface area contributed by atoms with Crippen molar-refractivity contribution in [3.8, 4) is 0 Å². The van der Waals surface area contributed by atoms with Crippen molar-refractivity contribution in [2.45, 2.75) is 55.7 Å². The molecule has 5 rings (SSSR count). The van der Waals surface area contributed by atoms with Crippen molar-refractivity contribution in [1.82, 2.24) is 5.32 Å². The number of amides is 1. The quantitative estimate of drug-likeness (QED) is 0.848. The fourth-order valence-electron chi connectivity index (χ4n) is 5.60. The highest BCUT2D eigenvalue weighted by Crippen LogP contribution is 2.60. The molecule has 1 saturated heterocycles. The molecule has 124 valence electrons. The first-order valence-electron chi connectivity index (χ1n) is 8.55. The van der Waals surface area contributed by atoms with E-state index in [1.54, 1.807) is 0 Å². The highest BCUT2D eigenvalue weighted by atomic mass is 32.2. The Morgan fingerprint density at radius 1 is 1.09 bits per heavy atom. The Morgan fingerprint density at radius 3 is 2.18 bits per heavy atom. The van der Waals surface area contributed by atoms with E-state index in [9.17, 15) is 13.2 Å². The molecule has 1 amide bonds. The average molecular weight is 344 g/mol. The third kappa shape index (κ3) is 3.05. The first-order valence-corrected chi connectivity index (χ1v) is 11.4. The lowest BCUT2D eigenvalue weighted by molar-refractivity contribution is -0.119. The van der Waals surface area contributed by atoms with Gasteiger partial charge in [-0.15, -0.1) is 11.8 Å². The van der Waals surface area contributed by atoms with Gasteiger partial charge in [0, 0.05) is 10.8 Å². The zero-order valence-electron chi connectivity index (χ0n) is 12.9. The van der Waals surface area contributed by atoms with E-state index in [0.717, 1.165) is 17.8 Å². The van der Waals surface area contributed by atoms with Crippen LogP contribution in [0.4, 0.5) is 0 Å². The van der Waals surface area contributed by atoms with Crippen molar-refractivity contribution >= 4 is 27.5 Å². The molecule has 0 aromatic heterocycles. The van der Waals surface area contributed by atoms with Crippen LogP contribution in [0.1, 0.15) is 44.9 Å². The van der Waals surface area contributed by atoms with E-state index in [-0.39, 0.29) is 23.5 Å². The maximum absolute atomic E-state index is 12.2. The zero-order chi connectivity index (χ0) is 15.4. The molecule has 4 aliphatic carbocycles. The van der Waals surface area contributed by atoms with Gasteiger partial charge in [0.05, 0.1) is 17.3 Å². The number of hydrogen-bond donors (Lipinski definition) is 1. The summed E-state index contributed by atoms with van der Waals surface area (Å²) in [5, 5.41) is 2.93. The van der Waals surface area contributed by atoms with Gasteiger partial charge in [0.2, 0.25) is 5.91 Å². The van der Waals surface area contributed by atoms with Crippen molar-refractivity contribution in [3.05, 3.63) is 0 Å². The maximum Gasteiger partial charge on any atom is 0.230 e.